The second kappa shape index (κ2) is 7.58. The van der Waals surface area contributed by atoms with Crippen LogP contribution in [0, 0.1) is 0 Å². The zero-order valence-electron chi connectivity index (χ0n) is 10.7. The molecule has 0 saturated heterocycles. The van der Waals surface area contributed by atoms with Gasteiger partial charge in [-0.2, -0.15) is 0 Å². The molecule has 2 N–H and O–H groups in total. The molecule has 0 aromatic heterocycles. The second-order valence-electron chi connectivity index (χ2n) is 4.12. The maximum atomic E-state index is 5.88. The average molecular weight is 325 g/mol. The molecule has 0 aliphatic rings. The fraction of sp³-hybridized carbons (Fsp3) is 0.133. The Balaban J connectivity index is 2.11. The number of halogens is 2. The maximum Gasteiger partial charge on any atom is 0.115 e. The highest BCUT2D eigenvalue weighted by Crippen LogP contribution is 2.31. The van der Waals surface area contributed by atoms with Crippen LogP contribution in [0.15, 0.2) is 58.4 Å². The molecule has 0 atom stereocenters. The Kier molecular flexibility index (Phi) is 5.77. The second-order valence-corrected chi connectivity index (χ2v) is 5.84. The Hall–Kier alpha value is -1.16. The zero-order chi connectivity index (χ0) is 14.4. The van der Waals surface area contributed by atoms with Crippen molar-refractivity contribution in [1.82, 2.24) is 0 Å². The van der Waals surface area contributed by atoms with Gasteiger partial charge in [-0.3, -0.25) is 0 Å². The van der Waals surface area contributed by atoms with Crippen molar-refractivity contribution in [1.29, 1.82) is 0 Å². The van der Waals surface area contributed by atoms with E-state index >= 15 is 0 Å². The van der Waals surface area contributed by atoms with Crippen LogP contribution in [0.4, 0.5) is 5.69 Å². The first-order valence-corrected chi connectivity index (χ1v) is 7.94. The first kappa shape index (κ1) is 15.2. The molecule has 0 bridgehead atoms. The minimum Gasteiger partial charge on any atom is -0.386 e. The molecule has 0 unspecified atom stereocenters. The SMILES string of the molecule is NC(CCl)=Nc1ccccc1SCc1ccc(Cl)cc1. The summed E-state index contributed by atoms with van der Waals surface area (Å²) in [6, 6.07) is 15.7. The van der Waals surface area contributed by atoms with Crippen LogP contribution < -0.4 is 5.73 Å². The van der Waals surface area contributed by atoms with Crippen LogP contribution in [-0.2, 0) is 5.75 Å². The van der Waals surface area contributed by atoms with Crippen LogP contribution in [0.5, 0.6) is 0 Å². The van der Waals surface area contributed by atoms with Crippen LogP contribution in [0.1, 0.15) is 5.56 Å². The standard InChI is InChI=1S/C15H14Cl2N2S/c16-9-15(18)19-13-3-1-2-4-14(13)20-10-11-5-7-12(17)8-6-11/h1-8H,9-10H2,(H2,18,19). The number of rotatable bonds is 5. The van der Waals surface area contributed by atoms with Crippen LogP contribution in [0.2, 0.25) is 5.02 Å². The number of amidine groups is 1. The quantitative estimate of drug-likeness (QED) is 0.369. The molecule has 2 aromatic rings. The van der Waals surface area contributed by atoms with Gasteiger partial charge in [0.15, 0.2) is 0 Å². The molecule has 2 rings (SSSR count). The Morgan fingerprint density at radius 1 is 1.10 bits per heavy atom. The first-order chi connectivity index (χ1) is 9.69. The maximum absolute atomic E-state index is 5.88. The normalized spacial score (nSPS) is 11.6. The zero-order valence-corrected chi connectivity index (χ0v) is 13.1. The van der Waals surface area contributed by atoms with E-state index in [1.807, 2.05) is 48.5 Å². The fourth-order valence-corrected chi connectivity index (χ4v) is 2.73. The van der Waals surface area contributed by atoms with Gasteiger partial charge in [-0.25, -0.2) is 4.99 Å². The Labute approximate surface area is 133 Å². The van der Waals surface area contributed by atoms with E-state index in [-0.39, 0.29) is 5.88 Å². The molecule has 0 heterocycles. The molecule has 0 spiro atoms. The van der Waals surface area contributed by atoms with Gasteiger partial charge in [0.05, 0.1) is 11.6 Å². The van der Waals surface area contributed by atoms with E-state index in [1.165, 1.54) is 5.56 Å². The van der Waals surface area contributed by atoms with Gasteiger partial charge >= 0.3 is 0 Å². The van der Waals surface area contributed by atoms with Crippen LogP contribution >= 0.6 is 35.0 Å². The van der Waals surface area contributed by atoms with E-state index in [9.17, 15) is 0 Å². The van der Waals surface area contributed by atoms with Crippen molar-refractivity contribution >= 4 is 46.5 Å². The molecule has 0 amide bonds. The van der Waals surface area contributed by atoms with E-state index in [1.54, 1.807) is 11.8 Å². The third kappa shape index (κ3) is 4.44. The number of benzene rings is 2. The van der Waals surface area contributed by atoms with Gasteiger partial charge in [0.1, 0.15) is 5.84 Å². The van der Waals surface area contributed by atoms with Crippen molar-refractivity contribution in [2.45, 2.75) is 10.6 Å². The summed E-state index contributed by atoms with van der Waals surface area (Å²) in [7, 11) is 0. The van der Waals surface area contributed by atoms with Crippen molar-refractivity contribution in [3.63, 3.8) is 0 Å². The van der Waals surface area contributed by atoms with Crippen molar-refractivity contribution in [3.8, 4) is 0 Å². The topological polar surface area (TPSA) is 38.4 Å². The molecule has 0 saturated carbocycles. The van der Waals surface area contributed by atoms with Gasteiger partial charge in [0, 0.05) is 15.7 Å². The molecule has 20 heavy (non-hydrogen) atoms. The summed E-state index contributed by atoms with van der Waals surface area (Å²) in [6.45, 7) is 0. The van der Waals surface area contributed by atoms with Gasteiger partial charge in [-0.15, -0.1) is 23.4 Å². The molecule has 2 aromatic carbocycles. The third-order valence-electron chi connectivity index (χ3n) is 2.57. The highest BCUT2D eigenvalue weighted by molar-refractivity contribution is 7.98. The number of alkyl halides is 1. The number of para-hydroxylation sites is 1. The summed E-state index contributed by atoms with van der Waals surface area (Å²) < 4.78 is 0. The predicted octanol–water partition coefficient (Wildman–Crippen LogP) is 4.86. The minimum atomic E-state index is 0.232. The smallest absolute Gasteiger partial charge is 0.115 e. The Bertz CT molecular complexity index is 597. The summed E-state index contributed by atoms with van der Waals surface area (Å²) in [5, 5.41) is 0.749. The molecule has 0 aliphatic heterocycles. The minimum absolute atomic E-state index is 0.232. The van der Waals surface area contributed by atoms with Crippen molar-refractivity contribution in [3.05, 3.63) is 59.1 Å². The van der Waals surface area contributed by atoms with Crippen LogP contribution in [0.25, 0.3) is 0 Å². The molecule has 104 valence electrons. The lowest BCUT2D eigenvalue weighted by Crippen LogP contribution is -2.12. The number of thioether (sulfide) groups is 1. The molecule has 0 aliphatic carbocycles. The van der Waals surface area contributed by atoms with Gasteiger partial charge in [0.2, 0.25) is 0 Å². The number of nitrogens with two attached hydrogens (primary N) is 1. The van der Waals surface area contributed by atoms with Gasteiger partial charge < -0.3 is 5.73 Å². The number of aliphatic imine (C=N–C) groups is 1. The van der Waals surface area contributed by atoms with E-state index in [2.05, 4.69) is 4.99 Å². The predicted molar refractivity (Wildman–Crippen MR) is 89.5 cm³/mol. The van der Waals surface area contributed by atoms with Crippen molar-refractivity contribution in [2.24, 2.45) is 10.7 Å². The molecular formula is C15H14Cl2N2S. The molecule has 2 nitrogen and oxygen atoms in total. The lowest BCUT2D eigenvalue weighted by atomic mass is 10.2. The van der Waals surface area contributed by atoms with Crippen molar-refractivity contribution < 1.29 is 0 Å². The molecule has 0 radical (unpaired) electrons. The third-order valence-corrected chi connectivity index (χ3v) is 4.23. The van der Waals surface area contributed by atoms with Crippen LogP contribution in [-0.4, -0.2) is 11.7 Å². The number of hydrogen-bond donors (Lipinski definition) is 1. The average Bonchev–Trinajstić information content (AvgIpc) is 2.48. The summed E-state index contributed by atoms with van der Waals surface area (Å²) in [6.07, 6.45) is 0. The summed E-state index contributed by atoms with van der Waals surface area (Å²) >= 11 is 13.3. The van der Waals surface area contributed by atoms with Gasteiger partial charge in [0.25, 0.3) is 0 Å². The number of hydrogen-bond acceptors (Lipinski definition) is 2. The molecule has 0 fully saturated rings. The van der Waals surface area contributed by atoms with E-state index < -0.39 is 0 Å². The monoisotopic (exact) mass is 324 g/mol. The van der Waals surface area contributed by atoms with Crippen molar-refractivity contribution in [2.75, 3.05) is 5.88 Å². The molecule has 5 heteroatoms. The van der Waals surface area contributed by atoms with E-state index in [0.29, 0.717) is 5.84 Å². The summed E-state index contributed by atoms with van der Waals surface area (Å²) in [5.74, 6) is 1.51. The first-order valence-electron chi connectivity index (χ1n) is 6.04. The van der Waals surface area contributed by atoms with E-state index in [0.717, 1.165) is 21.4 Å². The fourth-order valence-electron chi connectivity index (χ4n) is 1.60. The molecular weight excluding hydrogens is 311 g/mol. The lowest BCUT2D eigenvalue weighted by Gasteiger charge is -2.06. The largest absolute Gasteiger partial charge is 0.386 e. The highest BCUT2D eigenvalue weighted by atomic mass is 35.5. The summed E-state index contributed by atoms with van der Waals surface area (Å²) in [4.78, 5) is 5.40. The van der Waals surface area contributed by atoms with E-state index in [4.69, 9.17) is 28.9 Å². The van der Waals surface area contributed by atoms with Gasteiger partial charge in [-0.1, -0.05) is 35.9 Å². The highest BCUT2D eigenvalue weighted by Gasteiger charge is 2.03. The Morgan fingerprint density at radius 3 is 2.50 bits per heavy atom. The Morgan fingerprint density at radius 2 is 1.80 bits per heavy atom. The van der Waals surface area contributed by atoms with Gasteiger partial charge in [-0.05, 0) is 29.8 Å². The number of nitrogens with zero attached hydrogens (tertiary/aromatic N) is 1. The van der Waals surface area contributed by atoms with Crippen LogP contribution in [0.3, 0.4) is 0 Å². The summed E-state index contributed by atoms with van der Waals surface area (Å²) in [5.41, 5.74) is 7.75. The lowest BCUT2D eigenvalue weighted by molar-refractivity contribution is 1.33.